The normalized spacial score (nSPS) is 11.0. The molecule has 0 aliphatic carbocycles. The van der Waals surface area contributed by atoms with E-state index in [0.717, 1.165) is 4.88 Å². The molecule has 0 saturated heterocycles. The van der Waals surface area contributed by atoms with Crippen molar-refractivity contribution in [1.29, 1.82) is 0 Å². The maximum absolute atomic E-state index is 13.7. The van der Waals surface area contributed by atoms with Crippen molar-refractivity contribution in [2.75, 3.05) is 0 Å². The van der Waals surface area contributed by atoms with Crippen LogP contribution in [0.1, 0.15) is 10.6 Å². The number of rotatable bonds is 5. The number of nitrogens with one attached hydrogen (secondary N) is 1. The first-order valence-corrected chi connectivity index (χ1v) is 7.80. The second kappa shape index (κ2) is 7.02. The number of nitrogens with zero attached hydrogens (tertiary/aromatic N) is 1. The van der Waals surface area contributed by atoms with Crippen molar-refractivity contribution < 1.29 is 13.7 Å². The minimum Gasteiger partial charge on any atom is -0.356 e. The summed E-state index contributed by atoms with van der Waals surface area (Å²) < 4.78 is 18.8. The monoisotopic (exact) mass is 328 g/mol. The molecular formula is C17H13FN2O2S. The van der Waals surface area contributed by atoms with Crippen LogP contribution in [0.15, 0.2) is 58.4 Å². The number of hydrogen-bond acceptors (Lipinski definition) is 4. The fourth-order valence-electron chi connectivity index (χ4n) is 1.96. The third-order valence-electron chi connectivity index (χ3n) is 3.08. The van der Waals surface area contributed by atoms with E-state index < -0.39 is 0 Å². The third kappa shape index (κ3) is 3.92. The molecule has 0 spiro atoms. The standard InChI is InChI=1S/C17H13FN2O2S/c18-15-6-2-1-5-14(15)16-10-12(20-22-16)11-19-17(21)8-7-13-4-3-9-23-13/h1-10H,11H2,(H,19,21)/b8-7+. The fourth-order valence-corrected chi connectivity index (χ4v) is 2.58. The van der Waals surface area contributed by atoms with Crippen LogP contribution in [0.5, 0.6) is 0 Å². The molecule has 0 fully saturated rings. The summed E-state index contributed by atoms with van der Waals surface area (Å²) in [5.74, 6) is -0.270. The molecule has 3 rings (SSSR count). The molecule has 1 amide bonds. The van der Waals surface area contributed by atoms with Gasteiger partial charge in [0, 0.05) is 17.0 Å². The van der Waals surface area contributed by atoms with E-state index in [2.05, 4.69) is 10.5 Å². The Labute approximate surface area is 136 Å². The maximum atomic E-state index is 13.7. The van der Waals surface area contributed by atoms with Gasteiger partial charge in [0.05, 0.1) is 12.1 Å². The predicted octanol–water partition coefficient (Wildman–Crippen LogP) is 3.87. The summed E-state index contributed by atoms with van der Waals surface area (Å²) in [5, 5.41) is 8.48. The van der Waals surface area contributed by atoms with Gasteiger partial charge >= 0.3 is 0 Å². The molecule has 0 saturated carbocycles. The molecule has 2 heterocycles. The zero-order valence-corrected chi connectivity index (χ0v) is 12.8. The van der Waals surface area contributed by atoms with Crippen LogP contribution < -0.4 is 5.32 Å². The number of hydrogen-bond donors (Lipinski definition) is 1. The van der Waals surface area contributed by atoms with Gasteiger partial charge in [-0.1, -0.05) is 23.4 Å². The van der Waals surface area contributed by atoms with Gasteiger partial charge in [-0.3, -0.25) is 4.79 Å². The van der Waals surface area contributed by atoms with Gasteiger partial charge in [0.1, 0.15) is 11.5 Å². The molecule has 6 heteroatoms. The minimum atomic E-state index is -0.377. The SMILES string of the molecule is O=C(/C=C/c1cccs1)NCc1cc(-c2ccccc2F)on1. The number of aromatic nitrogens is 1. The number of carbonyl (C=O) groups is 1. The van der Waals surface area contributed by atoms with Gasteiger partial charge < -0.3 is 9.84 Å². The molecule has 2 aromatic heterocycles. The first-order valence-electron chi connectivity index (χ1n) is 6.92. The van der Waals surface area contributed by atoms with E-state index >= 15 is 0 Å². The smallest absolute Gasteiger partial charge is 0.244 e. The first-order chi connectivity index (χ1) is 11.2. The minimum absolute atomic E-state index is 0.214. The first kappa shape index (κ1) is 15.2. The third-order valence-corrected chi connectivity index (χ3v) is 3.92. The molecule has 3 aromatic rings. The summed E-state index contributed by atoms with van der Waals surface area (Å²) in [6.45, 7) is 0.214. The molecule has 0 aliphatic rings. The number of carbonyl (C=O) groups excluding carboxylic acids is 1. The number of thiophene rings is 1. The molecule has 0 bridgehead atoms. The van der Waals surface area contributed by atoms with Crippen LogP contribution in [0.3, 0.4) is 0 Å². The van der Waals surface area contributed by atoms with Crippen molar-refractivity contribution in [3.8, 4) is 11.3 Å². The van der Waals surface area contributed by atoms with Gasteiger partial charge in [-0.05, 0) is 29.7 Å². The molecule has 23 heavy (non-hydrogen) atoms. The van der Waals surface area contributed by atoms with E-state index in [0.29, 0.717) is 17.0 Å². The predicted molar refractivity (Wildman–Crippen MR) is 87.1 cm³/mol. The Kier molecular flexibility index (Phi) is 4.63. The van der Waals surface area contributed by atoms with Crippen LogP contribution in [0.25, 0.3) is 17.4 Å². The van der Waals surface area contributed by atoms with Crippen LogP contribution in [0.4, 0.5) is 4.39 Å². The summed E-state index contributed by atoms with van der Waals surface area (Å²) in [7, 11) is 0. The highest BCUT2D eigenvalue weighted by molar-refractivity contribution is 7.10. The van der Waals surface area contributed by atoms with Gasteiger partial charge in [0.25, 0.3) is 0 Å². The Bertz CT molecular complexity index is 825. The summed E-state index contributed by atoms with van der Waals surface area (Å²) in [5.41, 5.74) is 0.872. The number of halogens is 1. The molecule has 1 aromatic carbocycles. The average molecular weight is 328 g/mol. The Balaban J connectivity index is 1.59. The van der Waals surface area contributed by atoms with E-state index in [-0.39, 0.29) is 18.3 Å². The lowest BCUT2D eigenvalue weighted by Gasteiger charge is -1.97. The lowest BCUT2D eigenvalue weighted by atomic mass is 10.1. The van der Waals surface area contributed by atoms with Crippen molar-refractivity contribution in [1.82, 2.24) is 10.5 Å². The topological polar surface area (TPSA) is 55.1 Å². The van der Waals surface area contributed by atoms with Crippen molar-refractivity contribution in [2.45, 2.75) is 6.54 Å². The van der Waals surface area contributed by atoms with E-state index in [1.54, 1.807) is 41.7 Å². The fraction of sp³-hybridized carbons (Fsp3) is 0.0588. The molecule has 116 valence electrons. The Morgan fingerprint density at radius 1 is 1.30 bits per heavy atom. The molecule has 0 unspecified atom stereocenters. The van der Waals surface area contributed by atoms with Crippen molar-refractivity contribution in [3.63, 3.8) is 0 Å². The lowest BCUT2D eigenvalue weighted by molar-refractivity contribution is -0.116. The van der Waals surface area contributed by atoms with Gasteiger partial charge in [0.15, 0.2) is 5.76 Å². The highest BCUT2D eigenvalue weighted by Gasteiger charge is 2.10. The molecule has 0 aliphatic heterocycles. The summed E-state index contributed by atoms with van der Waals surface area (Å²) in [4.78, 5) is 12.7. The Morgan fingerprint density at radius 3 is 2.96 bits per heavy atom. The summed E-state index contributed by atoms with van der Waals surface area (Å²) >= 11 is 1.55. The van der Waals surface area contributed by atoms with Crippen LogP contribution >= 0.6 is 11.3 Å². The summed E-state index contributed by atoms with van der Waals surface area (Å²) in [6.07, 6.45) is 3.21. The summed E-state index contributed by atoms with van der Waals surface area (Å²) in [6, 6.07) is 11.8. The van der Waals surface area contributed by atoms with Gasteiger partial charge in [0.2, 0.25) is 5.91 Å². The zero-order valence-electron chi connectivity index (χ0n) is 12.0. The van der Waals surface area contributed by atoms with E-state index in [1.807, 2.05) is 17.5 Å². The highest BCUT2D eigenvalue weighted by Crippen LogP contribution is 2.23. The van der Waals surface area contributed by atoms with Crippen molar-refractivity contribution in [3.05, 3.63) is 70.3 Å². The van der Waals surface area contributed by atoms with Gasteiger partial charge in [-0.2, -0.15) is 0 Å². The van der Waals surface area contributed by atoms with Crippen molar-refractivity contribution in [2.24, 2.45) is 0 Å². The Morgan fingerprint density at radius 2 is 2.17 bits per heavy atom. The largest absolute Gasteiger partial charge is 0.356 e. The van der Waals surface area contributed by atoms with E-state index in [9.17, 15) is 9.18 Å². The second-order valence-electron chi connectivity index (χ2n) is 4.73. The molecule has 0 atom stereocenters. The maximum Gasteiger partial charge on any atom is 0.244 e. The van der Waals surface area contributed by atoms with Crippen LogP contribution in [0, 0.1) is 5.82 Å². The van der Waals surface area contributed by atoms with E-state index in [1.165, 1.54) is 12.1 Å². The molecule has 0 radical (unpaired) electrons. The highest BCUT2D eigenvalue weighted by atomic mass is 32.1. The number of benzene rings is 1. The molecule has 4 nitrogen and oxygen atoms in total. The van der Waals surface area contributed by atoms with Gasteiger partial charge in [-0.15, -0.1) is 11.3 Å². The lowest BCUT2D eigenvalue weighted by Crippen LogP contribution is -2.20. The number of amides is 1. The van der Waals surface area contributed by atoms with E-state index in [4.69, 9.17) is 4.52 Å². The zero-order chi connectivity index (χ0) is 16.1. The average Bonchev–Trinajstić information content (AvgIpc) is 3.23. The van der Waals surface area contributed by atoms with Crippen LogP contribution in [0.2, 0.25) is 0 Å². The van der Waals surface area contributed by atoms with Crippen LogP contribution in [-0.2, 0) is 11.3 Å². The molecule has 1 N–H and O–H groups in total. The van der Waals surface area contributed by atoms with Crippen LogP contribution in [-0.4, -0.2) is 11.1 Å². The molecular weight excluding hydrogens is 315 g/mol. The van der Waals surface area contributed by atoms with Crippen molar-refractivity contribution >= 4 is 23.3 Å². The second-order valence-corrected chi connectivity index (χ2v) is 5.71. The quantitative estimate of drug-likeness (QED) is 0.723. The Hall–Kier alpha value is -2.73. The van der Waals surface area contributed by atoms with Gasteiger partial charge in [-0.25, -0.2) is 4.39 Å².